The lowest BCUT2D eigenvalue weighted by Gasteiger charge is -2.14. The fourth-order valence-corrected chi connectivity index (χ4v) is 3.42. The van der Waals surface area contributed by atoms with Crippen LogP contribution >= 0.6 is 11.6 Å². The van der Waals surface area contributed by atoms with Gasteiger partial charge in [-0.25, -0.2) is 0 Å². The van der Waals surface area contributed by atoms with Crippen molar-refractivity contribution >= 4 is 28.5 Å². The third-order valence-corrected chi connectivity index (χ3v) is 5.00. The van der Waals surface area contributed by atoms with Crippen LogP contribution in [0.1, 0.15) is 40.2 Å². The number of phenols is 1. The van der Waals surface area contributed by atoms with E-state index in [4.69, 9.17) is 20.8 Å². The second-order valence-electron chi connectivity index (χ2n) is 6.34. The van der Waals surface area contributed by atoms with Crippen LogP contribution < -0.4 is 15.5 Å². The summed E-state index contributed by atoms with van der Waals surface area (Å²) in [4.78, 5) is 25.5. The number of carbonyl (C=O) groups is 1. The first-order valence-electron chi connectivity index (χ1n) is 8.44. The maximum atomic E-state index is 13.1. The number of nitrogens with one attached hydrogen (secondary N) is 1. The SMILES string of the molecule is CCOc1cc(C2NC(=O)c3oc4cc(C)c(Cl)cc4c(=O)c32)ccc1O. The lowest BCUT2D eigenvalue weighted by Crippen LogP contribution is -2.22. The number of carbonyl (C=O) groups excluding carboxylic acids is 1. The molecule has 1 amide bonds. The molecule has 1 aliphatic rings. The number of phenolic OH excluding ortho intramolecular Hbond substituents is 1. The van der Waals surface area contributed by atoms with Crippen molar-refractivity contribution in [2.75, 3.05) is 6.61 Å². The number of hydrogen-bond acceptors (Lipinski definition) is 5. The van der Waals surface area contributed by atoms with Crippen molar-refractivity contribution in [1.29, 1.82) is 0 Å². The highest BCUT2D eigenvalue weighted by Crippen LogP contribution is 2.36. The predicted molar refractivity (Wildman–Crippen MR) is 101 cm³/mol. The van der Waals surface area contributed by atoms with Gasteiger partial charge in [-0.1, -0.05) is 17.7 Å². The summed E-state index contributed by atoms with van der Waals surface area (Å²) in [6.45, 7) is 3.96. The Kier molecular flexibility index (Phi) is 4.08. The molecule has 0 saturated carbocycles. The average molecular weight is 386 g/mol. The summed E-state index contributed by atoms with van der Waals surface area (Å²) in [6, 6.07) is 7.20. The van der Waals surface area contributed by atoms with Gasteiger partial charge in [-0.3, -0.25) is 9.59 Å². The van der Waals surface area contributed by atoms with Gasteiger partial charge < -0.3 is 19.6 Å². The number of hydrogen-bond donors (Lipinski definition) is 2. The molecule has 1 atom stereocenters. The molecule has 0 fully saturated rings. The van der Waals surface area contributed by atoms with E-state index in [0.717, 1.165) is 5.56 Å². The third kappa shape index (κ3) is 2.73. The van der Waals surface area contributed by atoms with Gasteiger partial charge in [0.2, 0.25) is 5.76 Å². The molecule has 1 unspecified atom stereocenters. The molecule has 0 saturated heterocycles. The van der Waals surface area contributed by atoms with E-state index in [1.807, 2.05) is 0 Å². The van der Waals surface area contributed by atoms with E-state index in [2.05, 4.69) is 5.32 Å². The van der Waals surface area contributed by atoms with E-state index < -0.39 is 11.9 Å². The Labute approximate surface area is 159 Å². The monoisotopic (exact) mass is 385 g/mol. The summed E-state index contributed by atoms with van der Waals surface area (Å²) in [6.07, 6.45) is 0. The Bertz CT molecular complexity index is 1150. The first kappa shape index (κ1) is 17.4. The summed E-state index contributed by atoms with van der Waals surface area (Å²) in [7, 11) is 0. The molecule has 4 rings (SSSR count). The number of halogens is 1. The van der Waals surface area contributed by atoms with E-state index >= 15 is 0 Å². The molecule has 27 heavy (non-hydrogen) atoms. The third-order valence-electron chi connectivity index (χ3n) is 4.59. The van der Waals surface area contributed by atoms with Gasteiger partial charge in [-0.05, 0) is 49.2 Å². The number of ether oxygens (including phenoxy) is 1. The zero-order chi connectivity index (χ0) is 19.3. The molecule has 0 spiro atoms. The number of aromatic hydroxyl groups is 1. The maximum absolute atomic E-state index is 13.1. The highest BCUT2D eigenvalue weighted by atomic mass is 35.5. The number of benzene rings is 2. The van der Waals surface area contributed by atoms with Crippen molar-refractivity contribution in [2.45, 2.75) is 19.9 Å². The van der Waals surface area contributed by atoms with E-state index in [1.54, 1.807) is 38.1 Å². The molecule has 1 aliphatic heterocycles. The van der Waals surface area contributed by atoms with Crippen molar-refractivity contribution in [3.8, 4) is 11.5 Å². The van der Waals surface area contributed by atoms with Crippen LogP contribution in [0.25, 0.3) is 11.0 Å². The number of amides is 1. The van der Waals surface area contributed by atoms with Gasteiger partial charge in [0.25, 0.3) is 5.91 Å². The summed E-state index contributed by atoms with van der Waals surface area (Å²) >= 11 is 6.16. The van der Waals surface area contributed by atoms with Gasteiger partial charge in [0.15, 0.2) is 16.9 Å². The van der Waals surface area contributed by atoms with E-state index in [9.17, 15) is 14.7 Å². The normalized spacial score (nSPS) is 15.7. The topological polar surface area (TPSA) is 88.8 Å². The molecular formula is C20H16ClNO5. The summed E-state index contributed by atoms with van der Waals surface area (Å²) in [5.74, 6) is -0.211. The minimum atomic E-state index is -0.701. The Hall–Kier alpha value is -2.99. The fourth-order valence-electron chi connectivity index (χ4n) is 3.26. The molecule has 6 nitrogen and oxygen atoms in total. The van der Waals surface area contributed by atoms with E-state index in [-0.39, 0.29) is 28.3 Å². The van der Waals surface area contributed by atoms with Crippen LogP contribution in [-0.4, -0.2) is 17.6 Å². The lowest BCUT2D eigenvalue weighted by molar-refractivity contribution is 0.0938. The minimum absolute atomic E-state index is 0.00902. The van der Waals surface area contributed by atoms with Gasteiger partial charge in [0.05, 0.1) is 23.6 Å². The summed E-state index contributed by atoms with van der Waals surface area (Å²) < 4.78 is 11.1. The zero-order valence-electron chi connectivity index (χ0n) is 14.6. The van der Waals surface area contributed by atoms with Crippen LogP contribution in [0.2, 0.25) is 5.02 Å². The zero-order valence-corrected chi connectivity index (χ0v) is 15.4. The quantitative estimate of drug-likeness (QED) is 0.717. The Morgan fingerprint density at radius 2 is 2.04 bits per heavy atom. The molecule has 2 aromatic carbocycles. The van der Waals surface area contributed by atoms with Gasteiger partial charge in [0.1, 0.15) is 5.58 Å². The fraction of sp³-hybridized carbons (Fsp3) is 0.200. The molecule has 138 valence electrons. The summed E-state index contributed by atoms with van der Waals surface area (Å²) in [5, 5.41) is 13.4. The van der Waals surface area contributed by atoms with Crippen LogP contribution in [0.15, 0.2) is 39.5 Å². The molecule has 1 aromatic heterocycles. The highest BCUT2D eigenvalue weighted by Gasteiger charge is 2.36. The van der Waals surface area contributed by atoms with Gasteiger partial charge >= 0.3 is 0 Å². The lowest BCUT2D eigenvalue weighted by atomic mass is 9.98. The first-order chi connectivity index (χ1) is 12.9. The van der Waals surface area contributed by atoms with Crippen LogP contribution in [0.3, 0.4) is 0 Å². The largest absolute Gasteiger partial charge is 0.504 e. The average Bonchev–Trinajstić information content (AvgIpc) is 2.96. The molecule has 7 heteroatoms. The van der Waals surface area contributed by atoms with Crippen LogP contribution in [0, 0.1) is 6.92 Å². The number of aryl methyl sites for hydroxylation is 1. The van der Waals surface area contributed by atoms with E-state index in [0.29, 0.717) is 28.2 Å². The first-order valence-corrected chi connectivity index (χ1v) is 8.82. The standard InChI is InChI=1S/C20H16ClNO5/c1-3-26-15-7-10(4-5-13(15)23)17-16-18(24)11-8-12(21)9(2)6-14(11)27-19(16)20(25)22-17/h4-8,17,23H,3H2,1-2H3,(H,22,25). The Morgan fingerprint density at radius 1 is 1.26 bits per heavy atom. The van der Waals surface area contributed by atoms with Crippen LogP contribution in [0.4, 0.5) is 0 Å². The predicted octanol–water partition coefficient (Wildman–Crippen LogP) is 3.69. The maximum Gasteiger partial charge on any atom is 0.288 e. The molecule has 2 heterocycles. The second kappa shape index (κ2) is 6.32. The van der Waals surface area contributed by atoms with Gasteiger partial charge in [-0.15, -0.1) is 0 Å². The number of fused-ring (bicyclic) bond motifs is 2. The number of rotatable bonds is 3. The van der Waals surface area contributed by atoms with Crippen molar-refractivity contribution in [2.24, 2.45) is 0 Å². The molecular weight excluding hydrogens is 370 g/mol. The molecule has 0 aliphatic carbocycles. The molecule has 0 radical (unpaired) electrons. The molecule has 3 aromatic rings. The van der Waals surface area contributed by atoms with Crippen molar-refractivity contribution in [1.82, 2.24) is 5.32 Å². The van der Waals surface area contributed by atoms with Crippen molar-refractivity contribution in [3.05, 3.63) is 68.0 Å². The molecule has 2 N–H and O–H groups in total. The van der Waals surface area contributed by atoms with Crippen LogP contribution in [-0.2, 0) is 0 Å². The van der Waals surface area contributed by atoms with Gasteiger partial charge in [0, 0.05) is 5.02 Å². The molecule has 0 bridgehead atoms. The van der Waals surface area contributed by atoms with Crippen molar-refractivity contribution < 1.29 is 19.1 Å². The summed E-state index contributed by atoms with van der Waals surface area (Å²) in [5.41, 5.74) is 1.58. The Morgan fingerprint density at radius 3 is 2.78 bits per heavy atom. The van der Waals surface area contributed by atoms with Gasteiger partial charge in [-0.2, -0.15) is 0 Å². The van der Waals surface area contributed by atoms with E-state index in [1.165, 1.54) is 6.07 Å². The second-order valence-corrected chi connectivity index (χ2v) is 6.75. The minimum Gasteiger partial charge on any atom is -0.504 e. The Balaban J connectivity index is 1.93. The van der Waals surface area contributed by atoms with Crippen LogP contribution in [0.5, 0.6) is 11.5 Å². The van der Waals surface area contributed by atoms with Crippen molar-refractivity contribution in [3.63, 3.8) is 0 Å². The smallest absolute Gasteiger partial charge is 0.288 e. The highest BCUT2D eigenvalue weighted by molar-refractivity contribution is 6.32.